The minimum absolute atomic E-state index is 0.194. The number of rotatable bonds is 8. The molecule has 0 saturated carbocycles. The van der Waals surface area contributed by atoms with Gasteiger partial charge in [-0.2, -0.15) is 0 Å². The summed E-state index contributed by atoms with van der Waals surface area (Å²) in [4.78, 5) is 11.5. The van der Waals surface area contributed by atoms with Crippen LogP contribution in [0.4, 0.5) is 5.69 Å². The van der Waals surface area contributed by atoms with Crippen molar-refractivity contribution >= 4 is 17.4 Å². The topological polar surface area (TPSA) is 64.4 Å². The molecule has 116 valence electrons. The molecule has 0 amide bonds. The number of nitro groups is 1. The maximum absolute atomic E-state index is 11.1. The van der Waals surface area contributed by atoms with Gasteiger partial charge >= 0.3 is 0 Å². The molecule has 2 rings (SSSR count). The van der Waals surface area contributed by atoms with Crippen LogP contribution in [-0.4, -0.2) is 36.5 Å². The first-order chi connectivity index (χ1) is 10.2. The van der Waals surface area contributed by atoms with Gasteiger partial charge in [-0.15, -0.1) is 11.8 Å². The first kappa shape index (κ1) is 16.3. The van der Waals surface area contributed by atoms with E-state index in [4.69, 9.17) is 4.74 Å². The van der Waals surface area contributed by atoms with Gasteiger partial charge in [0.25, 0.3) is 5.69 Å². The van der Waals surface area contributed by atoms with Crippen LogP contribution in [0.2, 0.25) is 0 Å². The van der Waals surface area contributed by atoms with Gasteiger partial charge in [-0.05, 0) is 25.5 Å². The van der Waals surface area contributed by atoms with Crippen molar-refractivity contribution in [1.29, 1.82) is 0 Å². The molecule has 2 atom stereocenters. The van der Waals surface area contributed by atoms with E-state index in [1.54, 1.807) is 23.9 Å². The van der Waals surface area contributed by atoms with Crippen LogP contribution in [-0.2, 0) is 4.74 Å². The lowest BCUT2D eigenvalue weighted by Gasteiger charge is -2.23. The second kappa shape index (κ2) is 8.36. The van der Waals surface area contributed by atoms with Crippen LogP contribution in [0.3, 0.4) is 0 Å². The lowest BCUT2D eigenvalue weighted by Crippen LogP contribution is -2.39. The Morgan fingerprint density at radius 2 is 2.33 bits per heavy atom. The van der Waals surface area contributed by atoms with Crippen LogP contribution in [0.15, 0.2) is 29.2 Å². The Balaban J connectivity index is 1.98. The van der Waals surface area contributed by atoms with Crippen LogP contribution in [0.25, 0.3) is 0 Å². The van der Waals surface area contributed by atoms with Gasteiger partial charge in [-0.3, -0.25) is 10.1 Å². The summed E-state index contributed by atoms with van der Waals surface area (Å²) in [5, 5.41) is 14.6. The molecule has 1 N–H and O–H groups in total. The van der Waals surface area contributed by atoms with Crippen molar-refractivity contribution in [3.8, 4) is 0 Å². The predicted octanol–water partition coefficient (Wildman–Crippen LogP) is 3.09. The van der Waals surface area contributed by atoms with Gasteiger partial charge in [0.15, 0.2) is 0 Å². The zero-order valence-corrected chi connectivity index (χ0v) is 13.1. The first-order valence-electron chi connectivity index (χ1n) is 7.39. The van der Waals surface area contributed by atoms with Crippen molar-refractivity contribution in [2.45, 2.75) is 30.7 Å². The number of thioether (sulfide) groups is 1. The minimum Gasteiger partial charge on any atom is -0.381 e. The highest BCUT2D eigenvalue weighted by atomic mass is 32.2. The molecule has 1 aromatic rings. The monoisotopic (exact) mass is 310 g/mol. The number of nitrogens with zero attached hydrogens (tertiary/aromatic N) is 1. The van der Waals surface area contributed by atoms with Crippen molar-refractivity contribution < 1.29 is 9.66 Å². The summed E-state index contributed by atoms with van der Waals surface area (Å²) in [7, 11) is 0. The predicted molar refractivity (Wildman–Crippen MR) is 84.8 cm³/mol. The average molecular weight is 310 g/mol. The third-order valence-corrected chi connectivity index (χ3v) is 4.85. The number of nitro benzene ring substituents is 1. The quantitative estimate of drug-likeness (QED) is 0.454. The fraction of sp³-hybridized carbons (Fsp3) is 0.600. The minimum atomic E-state index is -0.310. The zero-order valence-electron chi connectivity index (χ0n) is 12.3. The Hall–Kier alpha value is -1.11. The van der Waals surface area contributed by atoms with E-state index in [9.17, 15) is 10.1 Å². The number of hydrogen-bond acceptors (Lipinski definition) is 5. The molecular weight excluding hydrogens is 288 g/mol. The molecule has 1 aliphatic rings. The summed E-state index contributed by atoms with van der Waals surface area (Å²) in [5.74, 6) is 1.34. The van der Waals surface area contributed by atoms with E-state index in [0.29, 0.717) is 12.0 Å². The Morgan fingerprint density at radius 3 is 3.00 bits per heavy atom. The van der Waals surface area contributed by atoms with E-state index in [1.165, 1.54) is 0 Å². The Kier molecular flexibility index (Phi) is 6.48. The molecule has 0 radical (unpaired) electrons. The van der Waals surface area contributed by atoms with Gasteiger partial charge in [-0.25, -0.2) is 0 Å². The third kappa shape index (κ3) is 4.69. The number of nitrogens with one attached hydrogen (secondary N) is 1. The fourth-order valence-corrected chi connectivity index (χ4v) is 3.69. The zero-order chi connectivity index (χ0) is 15.1. The molecule has 0 aliphatic carbocycles. The van der Waals surface area contributed by atoms with E-state index < -0.39 is 0 Å². The maximum Gasteiger partial charge on any atom is 0.282 e. The molecule has 5 nitrogen and oxygen atoms in total. The highest BCUT2D eigenvalue weighted by molar-refractivity contribution is 7.99. The number of hydrogen-bond donors (Lipinski definition) is 1. The van der Waals surface area contributed by atoms with Crippen molar-refractivity contribution in [3.05, 3.63) is 34.4 Å². The summed E-state index contributed by atoms with van der Waals surface area (Å²) in [6.07, 6.45) is 2.15. The summed E-state index contributed by atoms with van der Waals surface area (Å²) >= 11 is 1.56. The van der Waals surface area contributed by atoms with Crippen LogP contribution >= 0.6 is 11.8 Å². The third-order valence-electron chi connectivity index (χ3n) is 3.67. The van der Waals surface area contributed by atoms with E-state index in [2.05, 4.69) is 12.2 Å². The lowest BCUT2D eigenvalue weighted by atomic mass is 10.0. The molecule has 1 saturated heterocycles. The van der Waals surface area contributed by atoms with Crippen molar-refractivity contribution in [2.24, 2.45) is 5.92 Å². The summed E-state index contributed by atoms with van der Waals surface area (Å²) in [6, 6.07) is 7.29. The first-order valence-corrected chi connectivity index (χ1v) is 8.38. The Morgan fingerprint density at radius 1 is 1.52 bits per heavy atom. The van der Waals surface area contributed by atoms with Crippen LogP contribution in [0.5, 0.6) is 0 Å². The molecule has 6 heteroatoms. The number of para-hydroxylation sites is 1. The highest BCUT2D eigenvalue weighted by Crippen LogP contribution is 2.31. The van der Waals surface area contributed by atoms with Crippen molar-refractivity contribution in [3.63, 3.8) is 0 Å². The Labute approximate surface area is 129 Å². The van der Waals surface area contributed by atoms with Gasteiger partial charge in [0, 0.05) is 30.4 Å². The van der Waals surface area contributed by atoms with Gasteiger partial charge < -0.3 is 10.1 Å². The van der Waals surface area contributed by atoms with Gasteiger partial charge in [0.2, 0.25) is 0 Å². The molecule has 21 heavy (non-hydrogen) atoms. The number of benzene rings is 1. The summed E-state index contributed by atoms with van der Waals surface area (Å²) in [6.45, 7) is 4.73. The SMILES string of the molecule is CCCNC(CSc1ccccc1[N+](=O)[O-])C1CCOC1. The normalized spacial score (nSPS) is 19.6. The molecule has 2 unspecified atom stereocenters. The second-order valence-electron chi connectivity index (χ2n) is 5.22. The number of ether oxygens (including phenoxy) is 1. The molecule has 1 heterocycles. The van der Waals surface area contributed by atoms with Crippen LogP contribution in [0.1, 0.15) is 19.8 Å². The molecule has 0 aromatic heterocycles. The maximum atomic E-state index is 11.1. The second-order valence-corrected chi connectivity index (χ2v) is 6.28. The highest BCUT2D eigenvalue weighted by Gasteiger charge is 2.26. The van der Waals surface area contributed by atoms with Crippen molar-refractivity contribution in [1.82, 2.24) is 5.32 Å². The molecule has 1 fully saturated rings. The van der Waals surface area contributed by atoms with Gasteiger partial charge in [-0.1, -0.05) is 19.1 Å². The van der Waals surface area contributed by atoms with E-state index in [1.807, 2.05) is 12.1 Å². The fourth-order valence-electron chi connectivity index (χ4n) is 2.47. The van der Waals surface area contributed by atoms with E-state index in [0.717, 1.165) is 43.2 Å². The van der Waals surface area contributed by atoms with E-state index >= 15 is 0 Å². The molecule has 1 aromatic carbocycles. The van der Waals surface area contributed by atoms with E-state index in [-0.39, 0.29) is 10.6 Å². The van der Waals surface area contributed by atoms with Crippen LogP contribution in [0, 0.1) is 16.0 Å². The lowest BCUT2D eigenvalue weighted by molar-refractivity contribution is -0.387. The smallest absolute Gasteiger partial charge is 0.282 e. The largest absolute Gasteiger partial charge is 0.381 e. The molecular formula is C15H22N2O3S. The van der Waals surface area contributed by atoms with Crippen molar-refractivity contribution in [2.75, 3.05) is 25.5 Å². The van der Waals surface area contributed by atoms with Crippen LogP contribution < -0.4 is 5.32 Å². The van der Waals surface area contributed by atoms with Gasteiger partial charge in [0.05, 0.1) is 16.4 Å². The van der Waals surface area contributed by atoms with Gasteiger partial charge in [0.1, 0.15) is 0 Å². The summed E-state index contributed by atoms with van der Waals surface area (Å²) in [5.41, 5.74) is 0.194. The molecule has 0 bridgehead atoms. The standard InChI is InChI=1S/C15H22N2O3S/c1-2-8-16-13(12-7-9-20-10-12)11-21-15-6-4-3-5-14(15)17(18)19/h3-6,12-13,16H,2,7-11H2,1H3. The summed E-state index contributed by atoms with van der Waals surface area (Å²) < 4.78 is 5.47. The average Bonchev–Trinajstić information content (AvgIpc) is 3.02. The molecule has 1 aliphatic heterocycles. The molecule has 0 spiro atoms. The Bertz CT molecular complexity index is 464.